The molecule has 4 heteroatoms. The third kappa shape index (κ3) is 2.58. The van der Waals surface area contributed by atoms with E-state index in [0.29, 0.717) is 0 Å². The van der Waals surface area contributed by atoms with Gasteiger partial charge in [0.15, 0.2) is 0 Å². The predicted octanol–water partition coefficient (Wildman–Crippen LogP) is 0.786. The van der Waals surface area contributed by atoms with Gasteiger partial charge in [-0.15, -0.1) is 0 Å². The molecule has 1 aromatic rings. The van der Waals surface area contributed by atoms with Gasteiger partial charge in [0.25, 0.3) is 0 Å². The van der Waals surface area contributed by atoms with Gasteiger partial charge in [0.2, 0.25) is 0 Å². The molecular weight excluding hydrogens is 190 g/mol. The lowest BCUT2D eigenvalue weighted by atomic mass is 10.0. The zero-order valence-electron chi connectivity index (χ0n) is 9.24. The molecule has 1 fully saturated rings. The van der Waals surface area contributed by atoms with Gasteiger partial charge in [-0.2, -0.15) is 5.10 Å². The molecule has 0 aromatic carbocycles. The van der Waals surface area contributed by atoms with Gasteiger partial charge in [0, 0.05) is 6.54 Å². The maximum absolute atomic E-state index is 8.91. The zero-order valence-corrected chi connectivity index (χ0v) is 9.24. The SMILES string of the molecule is CCN1CCC(Cc2cc(CO)[nH]n2)C1. The van der Waals surface area contributed by atoms with E-state index in [9.17, 15) is 0 Å². The number of aromatic nitrogens is 2. The van der Waals surface area contributed by atoms with Crippen LogP contribution in [-0.2, 0) is 13.0 Å². The number of H-pyrrole nitrogens is 1. The van der Waals surface area contributed by atoms with Gasteiger partial charge in [0.1, 0.15) is 0 Å². The fourth-order valence-corrected chi connectivity index (χ4v) is 2.26. The average molecular weight is 209 g/mol. The quantitative estimate of drug-likeness (QED) is 0.770. The Kier molecular flexibility index (Phi) is 3.38. The third-order valence-electron chi connectivity index (χ3n) is 3.17. The van der Waals surface area contributed by atoms with Crippen molar-refractivity contribution >= 4 is 0 Å². The van der Waals surface area contributed by atoms with E-state index in [1.807, 2.05) is 6.07 Å². The molecule has 1 atom stereocenters. The molecule has 0 amide bonds. The van der Waals surface area contributed by atoms with Crippen molar-refractivity contribution in [3.05, 3.63) is 17.5 Å². The van der Waals surface area contributed by atoms with Crippen LogP contribution in [0.3, 0.4) is 0 Å². The van der Waals surface area contributed by atoms with E-state index < -0.39 is 0 Å². The first kappa shape index (κ1) is 10.6. The van der Waals surface area contributed by atoms with Crippen LogP contribution in [0.1, 0.15) is 24.7 Å². The van der Waals surface area contributed by atoms with Gasteiger partial charge >= 0.3 is 0 Å². The summed E-state index contributed by atoms with van der Waals surface area (Å²) in [7, 11) is 0. The van der Waals surface area contributed by atoms with Gasteiger partial charge in [-0.25, -0.2) is 0 Å². The molecule has 1 aromatic heterocycles. The fourth-order valence-electron chi connectivity index (χ4n) is 2.26. The second kappa shape index (κ2) is 4.77. The van der Waals surface area contributed by atoms with E-state index in [4.69, 9.17) is 5.11 Å². The molecule has 84 valence electrons. The van der Waals surface area contributed by atoms with Crippen LogP contribution >= 0.6 is 0 Å². The van der Waals surface area contributed by atoms with Crippen molar-refractivity contribution in [1.82, 2.24) is 15.1 Å². The molecule has 1 saturated heterocycles. The Hall–Kier alpha value is -0.870. The van der Waals surface area contributed by atoms with Gasteiger partial charge in [-0.3, -0.25) is 5.10 Å². The maximum Gasteiger partial charge on any atom is 0.0847 e. The Labute approximate surface area is 90.3 Å². The summed E-state index contributed by atoms with van der Waals surface area (Å²) in [5.74, 6) is 0.736. The highest BCUT2D eigenvalue weighted by molar-refractivity contribution is 5.08. The van der Waals surface area contributed by atoms with Gasteiger partial charge in [-0.1, -0.05) is 6.92 Å². The summed E-state index contributed by atoms with van der Waals surface area (Å²) >= 11 is 0. The normalized spacial score (nSPS) is 22.4. The van der Waals surface area contributed by atoms with Crippen LogP contribution in [0, 0.1) is 5.92 Å². The highest BCUT2D eigenvalue weighted by Crippen LogP contribution is 2.19. The largest absolute Gasteiger partial charge is 0.390 e. The Morgan fingerprint density at radius 2 is 2.53 bits per heavy atom. The molecular formula is C11H19N3O. The number of hydrogen-bond donors (Lipinski definition) is 2. The molecule has 0 radical (unpaired) electrons. The topological polar surface area (TPSA) is 52.1 Å². The van der Waals surface area contributed by atoms with Crippen molar-refractivity contribution in [2.45, 2.75) is 26.4 Å². The lowest BCUT2D eigenvalue weighted by molar-refractivity contribution is 0.276. The number of rotatable bonds is 4. The molecule has 2 heterocycles. The van der Waals surface area contributed by atoms with Crippen molar-refractivity contribution in [2.75, 3.05) is 19.6 Å². The smallest absolute Gasteiger partial charge is 0.0847 e. The van der Waals surface area contributed by atoms with Crippen LogP contribution in [-0.4, -0.2) is 39.8 Å². The minimum atomic E-state index is 0.0543. The molecule has 4 nitrogen and oxygen atoms in total. The number of aliphatic hydroxyl groups excluding tert-OH is 1. The van der Waals surface area contributed by atoms with Crippen LogP contribution in [0.4, 0.5) is 0 Å². The molecule has 0 spiro atoms. The lowest BCUT2D eigenvalue weighted by Crippen LogP contribution is -2.20. The molecule has 2 N–H and O–H groups in total. The first-order valence-electron chi connectivity index (χ1n) is 5.68. The number of aliphatic hydroxyl groups is 1. The maximum atomic E-state index is 8.91. The minimum Gasteiger partial charge on any atom is -0.390 e. The Bertz CT molecular complexity index is 311. The summed E-state index contributed by atoms with van der Waals surface area (Å²) in [5.41, 5.74) is 1.90. The predicted molar refractivity (Wildman–Crippen MR) is 58.4 cm³/mol. The highest BCUT2D eigenvalue weighted by Gasteiger charge is 2.21. The minimum absolute atomic E-state index is 0.0543. The second-order valence-electron chi connectivity index (χ2n) is 4.29. The molecule has 15 heavy (non-hydrogen) atoms. The zero-order chi connectivity index (χ0) is 10.7. The number of nitrogens with zero attached hydrogens (tertiary/aromatic N) is 2. The molecule has 1 aliphatic heterocycles. The van der Waals surface area contributed by atoms with E-state index in [-0.39, 0.29) is 6.61 Å². The fraction of sp³-hybridized carbons (Fsp3) is 0.727. The molecule has 0 bridgehead atoms. The van der Waals surface area contributed by atoms with Crippen molar-refractivity contribution in [1.29, 1.82) is 0 Å². The summed E-state index contributed by atoms with van der Waals surface area (Å²) < 4.78 is 0. The van der Waals surface area contributed by atoms with Crippen LogP contribution in [0.2, 0.25) is 0 Å². The first-order valence-corrected chi connectivity index (χ1v) is 5.68. The van der Waals surface area contributed by atoms with E-state index in [1.54, 1.807) is 0 Å². The lowest BCUT2D eigenvalue weighted by Gasteiger charge is -2.11. The van der Waals surface area contributed by atoms with E-state index >= 15 is 0 Å². The van der Waals surface area contributed by atoms with Crippen molar-refractivity contribution in [3.63, 3.8) is 0 Å². The number of likely N-dealkylation sites (tertiary alicyclic amines) is 1. The van der Waals surface area contributed by atoms with E-state index in [0.717, 1.165) is 30.3 Å². The van der Waals surface area contributed by atoms with Crippen LogP contribution in [0.15, 0.2) is 6.07 Å². The van der Waals surface area contributed by atoms with Crippen molar-refractivity contribution in [3.8, 4) is 0 Å². The Balaban J connectivity index is 1.87. The van der Waals surface area contributed by atoms with E-state index in [1.165, 1.54) is 19.5 Å². The Morgan fingerprint density at radius 1 is 1.67 bits per heavy atom. The summed E-state index contributed by atoms with van der Waals surface area (Å²) in [6, 6.07) is 1.97. The van der Waals surface area contributed by atoms with Crippen LogP contribution in [0.25, 0.3) is 0 Å². The molecule has 1 aliphatic rings. The summed E-state index contributed by atoms with van der Waals surface area (Å²) in [4.78, 5) is 2.48. The number of aromatic amines is 1. The monoisotopic (exact) mass is 209 g/mol. The summed E-state index contributed by atoms with van der Waals surface area (Å²) in [6.07, 6.45) is 2.31. The van der Waals surface area contributed by atoms with Crippen molar-refractivity contribution < 1.29 is 5.11 Å². The molecule has 0 saturated carbocycles. The first-order chi connectivity index (χ1) is 7.31. The Morgan fingerprint density at radius 3 is 3.13 bits per heavy atom. The van der Waals surface area contributed by atoms with Crippen molar-refractivity contribution in [2.24, 2.45) is 5.92 Å². The van der Waals surface area contributed by atoms with Gasteiger partial charge < -0.3 is 10.0 Å². The van der Waals surface area contributed by atoms with Crippen LogP contribution in [0.5, 0.6) is 0 Å². The van der Waals surface area contributed by atoms with Crippen LogP contribution < -0.4 is 0 Å². The third-order valence-corrected chi connectivity index (χ3v) is 3.17. The summed E-state index contributed by atoms with van der Waals surface area (Å²) in [6.45, 7) is 5.83. The average Bonchev–Trinajstić information content (AvgIpc) is 2.87. The van der Waals surface area contributed by atoms with E-state index in [2.05, 4.69) is 22.0 Å². The van der Waals surface area contributed by atoms with Gasteiger partial charge in [0.05, 0.1) is 18.0 Å². The van der Waals surface area contributed by atoms with Gasteiger partial charge in [-0.05, 0) is 37.9 Å². The number of hydrogen-bond acceptors (Lipinski definition) is 3. The number of nitrogens with one attached hydrogen (secondary N) is 1. The second-order valence-corrected chi connectivity index (χ2v) is 4.29. The standard InChI is InChI=1S/C11H19N3O/c1-2-14-4-3-9(7-14)5-10-6-11(8-15)13-12-10/h6,9,15H,2-5,7-8H2,1H3,(H,12,13). The molecule has 0 aliphatic carbocycles. The molecule has 1 unspecified atom stereocenters. The summed E-state index contributed by atoms with van der Waals surface area (Å²) in [5, 5.41) is 16.0. The molecule has 2 rings (SSSR count). The highest BCUT2D eigenvalue weighted by atomic mass is 16.3.